The molecule has 0 unspecified atom stereocenters. The molecular weight excluding hydrogens is 299 g/mol. The normalized spacial score (nSPS) is 10.1. The van der Waals surface area contributed by atoms with E-state index in [4.69, 9.17) is 29.6 Å². The first-order valence-electron chi connectivity index (χ1n) is 5.64. The first-order valence-corrected chi connectivity index (χ1v) is 6.43. The maximum atomic E-state index is 13.3. The molecule has 0 saturated carbocycles. The summed E-state index contributed by atoms with van der Waals surface area (Å²) in [6.07, 6.45) is 0. The van der Waals surface area contributed by atoms with Gasteiger partial charge < -0.3 is 11.1 Å². The van der Waals surface area contributed by atoms with Gasteiger partial charge >= 0.3 is 0 Å². The summed E-state index contributed by atoms with van der Waals surface area (Å²) in [4.78, 5) is 12.3. The summed E-state index contributed by atoms with van der Waals surface area (Å²) in [5.41, 5.74) is 6.71. The third kappa shape index (κ3) is 3.12. The summed E-state index contributed by atoms with van der Waals surface area (Å²) in [5, 5.41) is 2.40. The van der Waals surface area contributed by atoms with Gasteiger partial charge in [0.1, 0.15) is 10.8 Å². The van der Waals surface area contributed by atoms with Crippen LogP contribution in [-0.4, -0.2) is 10.9 Å². The number of halogens is 2. The van der Waals surface area contributed by atoms with Crippen molar-refractivity contribution in [3.63, 3.8) is 0 Å². The van der Waals surface area contributed by atoms with Crippen molar-refractivity contribution < 1.29 is 9.18 Å². The van der Waals surface area contributed by atoms with Crippen LogP contribution in [0.1, 0.15) is 15.9 Å². The van der Waals surface area contributed by atoms with Crippen molar-refractivity contribution in [2.24, 2.45) is 5.73 Å². The Kier molecular flexibility index (Phi) is 4.32. The van der Waals surface area contributed by atoms with Crippen LogP contribution in [0.3, 0.4) is 0 Å². The van der Waals surface area contributed by atoms with E-state index in [9.17, 15) is 9.18 Å². The number of carbonyl (C=O) groups is 1. The highest BCUT2D eigenvalue weighted by Gasteiger charge is 2.13. The van der Waals surface area contributed by atoms with Crippen molar-refractivity contribution in [2.45, 2.75) is 0 Å². The summed E-state index contributed by atoms with van der Waals surface area (Å²) in [6, 6.07) is 10.8. The Morgan fingerprint density at radius 1 is 1.25 bits per heavy atom. The molecule has 2 aromatic rings. The molecule has 0 aromatic heterocycles. The van der Waals surface area contributed by atoms with Crippen molar-refractivity contribution in [3.8, 4) is 0 Å². The molecular formula is C14H10ClFN2OS. The van der Waals surface area contributed by atoms with Crippen molar-refractivity contribution in [3.05, 3.63) is 64.4 Å². The minimum absolute atomic E-state index is 0.0624. The van der Waals surface area contributed by atoms with Crippen LogP contribution in [0.5, 0.6) is 0 Å². The van der Waals surface area contributed by atoms with Crippen molar-refractivity contribution >= 4 is 40.4 Å². The molecule has 0 aliphatic carbocycles. The van der Waals surface area contributed by atoms with Crippen LogP contribution in [0.25, 0.3) is 0 Å². The Hall–Kier alpha value is -1.98. The predicted octanol–water partition coefficient (Wildman–Crippen LogP) is 3.37. The van der Waals surface area contributed by atoms with E-state index >= 15 is 0 Å². The van der Waals surface area contributed by atoms with Gasteiger partial charge in [-0.15, -0.1) is 0 Å². The average molecular weight is 309 g/mol. The molecule has 0 heterocycles. The zero-order valence-electron chi connectivity index (χ0n) is 10.2. The van der Waals surface area contributed by atoms with Gasteiger partial charge in [0, 0.05) is 11.3 Å². The third-order valence-corrected chi connectivity index (χ3v) is 3.22. The molecule has 0 aliphatic heterocycles. The van der Waals surface area contributed by atoms with Gasteiger partial charge in [0.05, 0.1) is 10.6 Å². The maximum Gasteiger partial charge on any atom is 0.257 e. The van der Waals surface area contributed by atoms with E-state index in [0.29, 0.717) is 11.3 Å². The van der Waals surface area contributed by atoms with Crippen LogP contribution < -0.4 is 11.1 Å². The molecule has 0 radical (unpaired) electrons. The number of carbonyl (C=O) groups excluding carboxylic acids is 1. The lowest BCUT2D eigenvalue weighted by Gasteiger charge is -2.08. The first kappa shape index (κ1) is 14.4. The number of nitrogens with two attached hydrogens (primary N) is 1. The Bertz CT molecular complexity index is 691. The first-order chi connectivity index (χ1) is 9.49. The smallest absolute Gasteiger partial charge is 0.257 e. The number of nitrogens with one attached hydrogen (secondary N) is 1. The maximum absolute atomic E-state index is 13.3. The Morgan fingerprint density at radius 2 is 1.95 bits per heavy atom. The monoisotopic (exact) mass is 308 g/mol. The number of benzene rings is 2. The van der Waals surface area contributed by atoms with E-state index < -0.39 is 11.7 Å². The fraction of sp³-hybridized carbons (Fsp3) is 0. The van der Waals surface area contributed by atoms with Crippen molar-refractivity contribution in [1.29, 1.82) is 0 Å². The zero-order valence-corrected chi connectivity index (χ0v) is 11.8. The molecule has 3 N–H and O–H groups in total. The summed E-state index contributed by atoms with van der Waals surface area (Å²) in [5.74, 6) is -1.15. The molecule has 2 rings (SSSR count). The number of amides is 1. The number of rotatable bonds is 3. The van der Waals surface area contributed by atoms with E-state index in [1.165, 1.54) is 18.2 Å². The molecule has 0 aliphatic rings. The standard InChI is InChI=1S/C14H10ClFN2OS/c15-12-10(5-2-6-11(12)16)14(19)18-9-4-1-3-8(7-9)13(17)20/h1-7H,(H2,17,20)(H,18,19). The molecule has 0 saturated heterocycles. The van der Waals surface area contributed by atoms with Gasteiger partial charge in [-0.3, -0.25) is 4.79 Å². The summed E-state index contributed by atoms with van der Waals surface area (Å²) < 4.78 is 13.3. The van der Waals surface area contributed by atoms with E-state index in [2.05, 4.69) is 5.32 Å². The van der Waals surface area contributed by atoms with E-state index in [1.807, 2.05) is 0 Å². The van der Waals surface area contributed by atoms with Gasteiger partial charge in [-0.25, -0.2) is 4.39 Å². The minimum atomic E-state index is -0.642. The van der Waals surface area contributed by atoms with Crippen LogP contribution >= 0.6 is 23.8 Å². The van der Waals surface area contributed by atoms with Gasteiger partial charge in [-0.05, 0) is 24.3 Å². The fourth-order valence-corrected chi connectivity index (χ4v) is 1.97. The molecule has 6 heteroatoms. The zero-order chi connectivity index (χ0) is 14.7. The van der Waals surface area contributed by atoms with Gasteiger partial charge in [0.15, 0.2) is 0 Å². The van der Waals surface area contributed by atoms with Crippen LogP contribution in [0.4, 0.5) is 10.1 Å². The number of anilines is 1. The highest BCUT2D eigenvalue weighted by molar-refractivity contribution is 7.80. The van der Waals surface area contributed by atoms with Crippen LogP contribution in [-0.2, 0) is 0 Å². The number of thiocarbonyl (C=S) groups is 1. The molecule has 0 fully saturated rings. The molecule has 0 atom stereocenters. The molecule has 3 nitrogen and oxygen atoms in total. The summed E-state index contributed by atoms with van der Waals surface area (Å²) >= 11 is 10.6. The molecule has 0 spiro atoms. The summed E-state index contributed by atoms with van der Waals surface area (Å²) in [7, 11) is 0. The topological polar surface area (TPSA) is 55.1 Å². The molecule has 20 heavy (non-hydrogen) atoms. The highest BCUT2D eigenvalue weighted by Crippen LogP contribution is 2.21. The van der Waals surface area contributed by atoms with Gasteiger partial charge in [0.25, 0.3) is 5.91 Å². The van der Waals surface area contributed by atoms with Gasteiger partial charge in [0.2, 0.25) is 0 Å². The molecule has 0 bridgehead atoms. The quantitative estimate of drug-likeness (QED) is 0.855. The largest absolute Gasteiger partial charge is 0.389 e. The van der Waals surface area contributed by atoms with Crippen molar-refractivity contribution in [1.82, 2.24) is 0 Å². The lowest BCUT2D eigenvalue weighted by atomic mass is 10.1. The number of hydrogen-bond donors (Lipinski definition) is 2. The van der Waals surface area contributed by atoms with Gasteiger partial charge in [-0.2, -0.15) is 0 Å². The Balaban J connectivity index is 2.26. The second-order valence-corrected chi connectivity index (χ2v) is 4.82. The second kappa shape index (κ2) is 5.98. The lowest BCUT2D eigenvalue weighted by molar-refractivity contribution is 0.102. The van der Waals surface area contributed by atoms with E-state index in [-0.39, 0.29) is 15.6 Å². The average Bonchev–Trinajstić information content (AvgIpc) is 2.42. The molecule has 1 amide bonds. The SMILES string of the molecule is NC(=S)c1cccc(NC(=O)c2cccc(F)c2Cl)c1. The summed E-state index contributed by atoms with van der Waals surface area (Å²) in [6.45, 7) is 0. The Morgan fingerprint density at radius 3 is 2.65 bits per heavy atom. The second-order valence-electron chi connectivity index (χ2n) is 4.00. The third-order valence-electron chi connectivity index (χ3n) is 2.60. The van der Waals surface area contributed by atoms with Gasteiger partial charge in [-0.1, -0.05) is 42.0 Å². The lowest BCUT2D eigenvalue weighted by Crippen LogP contribution is -2.14. The van der Waals surface area contributed by atoms with E-state index in [0.717, 1.165) is 0 Å². The van der Waals surface area contributed by atoms with Crippen molar-refractivity contribution in [2.75, 3.05) is 5.32 Å². The van der Waals surface area contributed by atoms with Crippen LogP contribution in [0, 0.1) is 5.82 Å². The van der Waals surface area contributed by atoms with E-state index in [1.54, 1.807) is 24.3 Å². The predicted molar refractivity (Wildman–Crippen MR) is 81.7 cm³/mol. The van der Waals surface area contributed by atoms with Crippen LogP contribution in [0.15, 0.2) is 42.5 Å². The Labute approximate surface area is 125 Å². The molecule has 2 aromatic carbocycles. The van der Waals surface area contributed by atoms with Crippen LogP contribution in [0.2, 0.25) is 5.02 Å². The number of hydrogen-bond acceptors (Lipinski definition) is 2. The highest BCUT2D eigenvalue weighted by atomic mass is 35.5. The minimum Gasteiger partial charge on any atom is -0.389 e. The molecule has 102 valence electrons. The fourth-order valence-electron chi connectivity index (χ4n) is 1.63.